The Kier molecular flexibility index (Phi) is 5.67. The molecule has 0 aromatic heterocycles. The van der Waals surface area contributed by atoms with Crippen molar-refractivity contribution in [1.29, 1.82) is 0 Å². The van der Waals surface area contributed by atoms with Crippen molar-refractivity contribution >= 4 is 5.91 Å². The Morgan fingerprint density at radius 3 is 2.48 bits per heavy atom. The van der Waals surface area contributed by atoms with E-state index in [4.69, 9.17) is 0 Å². The quantitative estimate of drug-likeness (QED) is 0.492. The average Bonchev–Trinajstić information content (AvgIpc) is 2.73. The van der Waals surface area contributed by atoms with Gasteiger partial charge in [0.2, 0.25) is 0 Å². The third-order valence-corrected chi connectivity index (χ3v) is 5.28. The van der Waals surface area contributed by atoms with Crippen LogP contribution in [0.3, 0.4) is 0 Å². The lowest BCUT2D eigenvalue weighted by Crippen LogP contribution is -2.38. The van der Waals surface area contributed by atoms with Gasteiger partial charge in [0.15, 0.2) is 0 Å². The summed E-state index contributed by atoms with van der Waals surface area (Å²) in [5, 5.41) is 0. The van der Waals surface area contributed by atoms with E-state index in [0.29, 0.717) is 48.2 Å². The maximum Gasteiger partial charge on any atom is 0.573 e. The fourth-order valence-corrected chi connectivity index (χ4v) is 3.76. The molecular weight excluding hydrogens is 410 g/mol. The minimum absolute atomic E-state index is 0.127. The molecular formula is C24H19F4NO2. The van der Waals surface area contributed by atoms with Crippen molar-refractivity contribution in [2.75, 3.05) is 13.1 Å². The number of halogens is 4. The first-order chi connectivity index (χ1) is 14.8. The van der Waals surface area contributed by atoms with Crippen LogP contribution in [0.2, 0.25) is 0 Å². The number of hydrogen-bond acceptors (Lipinski definition) is 2. The van der Waals surface area contributed by atoms with E-state index in [1.807, 2.05) is 6.07 Å². The van der Waals surface area contributed by atoms with Crippen molar-refractivity contribution in [3.8, 4) is 16.9 Å². The molecule has 160 valence electrons. The summed E-state index contributed by atoms with van der Waals surface area (Å²) >= 11 is 0. The minimum atomic E-state index is -4.76. The standard InChI is InChI=1S/C24H19F4NO2/c25-22-7-2-1-4-16(22)10-12-29-13-11-19-14-18(8-9-21(19)23(29)30)17-5-3-6-20(15-17)31-24(26,27)28/h1-9,14-15H,10-13H2. The normalized spacial score (nSPS) is 13.8. The first kappa shape index (κ1) is 20.9. The molecule has 0 atom stereocenters. The van der Waals surface area contributed by atoms with Gasteiger partial charge in [-0.2, -0.15) is 0 Å². The number of fused-ring (bicyclic) bond motifs is 1. The Bertz CT molecular complexity index is 1110. The monoisotopic (exact) mass is 429 g/mol. The fourth-order valence-electron chi connectivity index (χ4n) is 3.76. The van der Waals surface area contributed by atoms with Crippen molar-refractivity contribution in [3.63, 3.8) is 0 Å². The molecule has 1 amide bonds. The molecule has 0 unspecified atom stereocenters. The Balaban J connectivity index is 1.50. The third kappa shape index (κ3) is 4.87. The van der Waals surface area contributed by atoms with Gasteiger partial charge in [0.1, 0.15) is 11.6 Å². The lowest BCUT2D eigenvalue weighted by Gasteiger charge is -2.29. The summed E-state index contributed by atoms with van der Waals surface area (Å²) < 4.78 is 55.3. The van der Waals surface area contributed by atoms with Crippen molar-refractivity contribution in [1.82, 2.24) is 4.90 Å². The van der Waals surface area contributed by atoms with Crippen LogP contribution >= 0.6 is 0 Å². The van der Waals surface area contributed by atoms with Gasteiger partial charge in [0.25, 0.3) is 5.91 Å². The molecule has 0 N–H and O–H groups in total. The molecule has 0 saturated carbocycles. The van der Waals surface area contributed by atoms with E-state index < -0.39 is 6.36 Å². The van der Waals surface area contributed by atoms with Gasteiger partial charge in [-0.25, -0.2) is 4.39 Å². The van der Waals surface area contributed by atoms with Gasteiger partial charge < -0.3 is 9.64 Å². The van der Waals surface area contributed by atoms with Crippen LogP contribution in [0.1, 0.15) is 21.5 Å². The molecule has 4 rings (SSSR count). The first-order valence-corrected chi connectivity index (χ1v) is 9.82. The maximum absolute atomic E-state index is 13.8. The molecule has 1 aliphatic rings. The molecule has 0 fully saturated rings. The molecule has 0 bridgehead atoms. The van der Waals surface area contributed by atoms with E-state index in [-0.39, 0.29) is 17.5 Å². The lowest BCUT2D eigenvalue weighted by atomic mass is 9.94. The second-order valence-electron chi connectivity index (χ2n) is 7.33. The molecule has 3 nitrogen and oxygen atoms in total. The summed E-state index contributed by atoms with van der Waals surface area (Å²) in [5.74, 6) is -0.704. The van der Waals surface area contributed by atoms with E-state index in [9.17, 15) is 22.4 Å². The zero-order chi connectivity index (χ0) is 22.0. The Hall–Kier alpha value is -3.35. The predicted octanol–water partition coefficient (Wildman–Crippen LogP) is 5.63. The number of carbonyl (C=O) groups is 1. The van der Waals surface area contributed by atoms with E-state index in [2.05, 4.69) is 4.74 Å². The summed E-state index contributed by atoms with van der Waals surface area (Å²) in [5.41, 5.74) is 3.24. The highest BCUT2D eigenvalue weighted by atomic mass is 19.4. The molecule has 31 heavy (non-hydrogen) atoms. The van der Waals surface area contributed by atoms with Crippen LogP contribution in [-0.4, -0.2) is 30.3 Å². The van der Waals surface area contributed by atoms with E-state index in [1.165, 1.54) is 24.3 Å². The third-order valence-electron chi connectivity index (χ3n) is 5.28. The molecule has 0 radical (unpaired) electrons. The van der Waals surface area contributed by atoms with E-state index in [1.54, 1.807) is 41.3 Å². The van der Waals surface area contributed by atoms with Crippen LogP contribution in [0.5, 0.6) is 5.75 Å². The van der Waals surface area contributed by atoms with Crippen LogP contribution in [0, 0.1) is 5.82 Å². The number of benzene rings is 3. The zero-order valence-electron chi connectivity index (χ0n) is 16.5. The smallest absolute Gasteiger partial charge is 0.406 e. The molecule has 3 aromatic carbocycles. The largest absolute Gasteiger partial charge is 0.573 e. The van der Waals surface area contributed by atoms with Gasteiger partial charge in [-0.05, 0) is 59.4 Å². The Labute approximate surface area is 176 Å². The topological polar surface area (TPSA) is 29.5 Å². The van der Waals surface area contributed by atoms with Crippen LogP contribution < -0.4 is 4.74 Å². The number of nitrogens with zero attached hydrogens (tertiary/aromatic N) is 1. The summed E-state index contributed by atoms with van der Waals surface area (Å²) in [6.45, 7) is 0.915. The summed E-state index contributed by atoms with van der Waals surface area (Å²) in [6.07, 6.45) is -3.71. The second-order valence-corrected chi connectivity index (χ2v) is 7.33. The highest BCUT2D eigenvalue weighted by molar-refractivity contribution is 5.97. The number of amides is 1. The van der Waals surface area contributed by atoms with Gasteiger partial charge in [-0.15, -0.1) is 13.2 Å². The van der Waals surface area contributed by atoms with Crippen molar-refractivity contribution < 1.29 is 27.1 Å². The highest BCUT2D eigenvalue weighted by Crippen LogP contribution is 2.30. The maximum atomic E-state index is 13.8. The first-order valence-electron chi connectivity index (χ1n) is 9.82. The van der Waals surface area contributed by atoms with Gasteiger partial charge >= 0.3 is 6.36 Å². The number of rotatable bonds is 5. The molecule has 0 saturated heterocycles. The van der Waals surface area contributed by atoms with E-state index in [0.717, 1.165) is 5.56 Å². The molecule has 0 aliphatic carbocycles. The molecule has 0 spiro atoms. The number of hydrogen-bond donors (Lipinski definition) is 0. The summed E-state index contributed by atoms with van der Waals surface area (Å²) in [7, 11) is 0. The molecule has 7 heteroatoms. The Morgan fingerprint density at radius 1 is 0.935 bits per heavy atom. The van der Waals surface area contributed by atoms with E-state index >= 15 is 0 Å². The summed E-state index contributed by atoms with van der Waals surface area (Å²) in [6, 6.07) is 17.5. The SMILES string of the molecule is O=C1c2ccc(-c3cccc(OC(F)(F)F)c3)cc2CCN1CCc1ccccc1F. The molecule has 1 aliphatic heterocycles. The molecule has 1 heterocycles. The number of ether oxygens (including phenoxy) is 1. The van der Waals surface area contributed by atoms with Gasteiger partial charge in [0, 0.05) is 18.7 Å². The second kappa shape index (κ2) is 8.41. The van der Waals surface area contributed by atoms with Crippen molar-refractivity contribution in [2.45, 2.75) is 19.2 Å². The lowest BCUT2D eigenvalue weighted by molar-refractivity contribution is -0.274. The van der Waals surface area contributed by atoms with Crippen LogP contribution in [0.25, 0.3) is 11.1 Å². The number of alkyl halides is 3. The predicted molar refractivity (Wildman–Crippen MR) is 108 cm³/mol. The molecule has 3 aromatic rings. The van der Waals surface area contributed by atoms with Gasteiger partial charge in [-0.3, -0.25) is 4.79 Å². The van der Waals surface area contributed by atoms with Crippen LogP contribution in [-0.2, 0) is 12.8 Å². The summed E-state index contributed by atoms with van der Waals surface area (Å²) in [4.78, 5) is 14.6. The average molecular weight is 429 g/mol. The minimum Gasteiger partial charge on any atom is -0.406 e. The highest BCUT2D eigenvalue weighted by Gasteiger charge is 2.31. The zero-order valence-corrected chi connectivity index (χ0v) is 16.5. The van der Waals surface area contributed by atoms with Crippen molar-refractivity contribution in [3.05, 3.63) is 89.2 Å². The Morgan fingerprint density at radius 2 is 1.71 bits per heavy atom. The van der Waals surface area contributed by atoms with Crippen LogP contribution in [0.15, 0.2) is 66.7 Å². The van der Waals surface area contributed by atoms with Gasteiger partial charge in [0.05, 0.1) is 0 Å². The van der Waals surface area contributed by atoms with Gasteiger partial charge in [-0.1, -0.05) is 42.5 Å². The van der Waals surface area contributed by atoms with Crippen LogP contribution in [0.4, 0.5) is 17.6 Å². The number of carbonyl (C=O) groups excluding carboxylic acids is 1. The van der Waals surface area contributed by atoms with Crippen molar-refractivity contribution in [2.24, 2.45) is 0 Å². The fraction of sp³-hybridized carbons (Fsp3) is 0.208.